The summed E-state index contributed by atoms with van der Waals surface area (Å²) in [4.78, 5) is 64.5. The summed E-state index contributed by atoms with van der Waals surface area (Å²) in [6, 6.07) is 9.62. The lowest BCUT2D eigenvalue weighted by Gasteiger charge is -2.13. The molecule has 0 spiro atoms. The molecule has 0 radical (unpaired) electrons. The van der Waals surface area contributed by atoms with Gasteiger partial charge in [-0.1, -0.05) is 0 Å². The highest BCUT2D eigenvalue weighted by Crippen LogP contribution is 2.27. The summed E-state index contributed by atoms with van der Waals surface area (Å²) in [5.41, 5.74) is 0.532. The molecule has 33 heavy (non-hydrogen) atoms. The highest BCUT2D eigenvalue weighted by molar-refractivity contribution is 7.13. The molecule has 2 aromatic carbocycles. The van der Waals surface area contributed by atoms with Crippen molar-refractivity contribution in [3.05, 3.63) is 80.8 Å². The molecule has 0 bridgehead atoms. The Labute approximate surface area is 190 Å². The predicted octanol–water partition coefficient (Wildman–Crippen LogP) is 2.93. The first-order chi connectivity index (χ1) is 15.8. The van der Waals surface area contributed by atoms with Crippen molar-refractivity contribution in [2.45, 2.75) is 6.42 Å². The van der Waals surface area contributed by atoms with Crippen LogP contribution in [0.5, 0.6) is 0 Å². The Balaban J connectivity index is 1.33. The Morgan fingerprint density at radius 1 is 1.03 bits per heavy atom. The lowest BCUT2D eigenvalue weighted by molar-refractivity contribution is -0.384. The number of imide groups is 1. The fraction of sp³-hybridized carbons (Fsp3) is 0.0952. The number of nitrogens with zero attached hydrogens (tertiary/aromatic N) is 3. The van der Waals surface area contributed by atoms with Crippen LogP contribution in [-0.2, 0) is 4.79 Å². The number of benzene rings is 2. The van der Waals surface area contributed by atoms with E-state index >= 15 is 0 Å². The molecule has 166 valence electrons. The van der Waals surface area contributed by atoms with Crippen molar-refractivity contribution in [2.75, 3.05) is 17.2 Å². The molecule has 1 aliphatic heterocycles. The van der Waals surface area contributed by atoms with Crippen molar-refractivity contribution in [3.63, 3.8) is 0 Å². The molecular formula is C21H15N5O6S. The average molecular weight is 465 g/mol. The van der Waals surface area contributed by atoms with Crippen LogP contribution in [0.15, 0.2) is 54.0 Å². The summed E-state index contributed by atoms with van der Waals surface area (Å²) >= 11 is 1.29. The van der Waals surface area contributed by atoms with Crippen molar-refractivity contribution in [1.29, 1.82) is 0 Å². The van der Waals surface area contributed by atoms with Crippen molar-refractivity contribution in [3.8, 4) is 0 Å². The van der Waals surface area contributed by atoms with Gasteiger partial charge in [0.25, 0.3) is 23.4 Å². The van der Waals surface area contributed by atoms with E-state index in [0.717, 1.165) is 17.0 Å². The Morgan fingerprint density at radius 2 is 1.76 bits per heavy atom. The highest BCUT2D eigenvalue weighted by atomic mass is 32.1. The Bertz CT molecular complexity index is 1270. The molecule has 0 saturated carbocycles. The van der Waals surface area contributed by atoms with E-state index in [1.54, 1.807) is 23.7 Å². The molecule has 2 heterocycles. The van der Waals surface area contributed by atoms with Crippen LogP contribution in [0.3, 0.4) is 0 Å². The van der Waals surface area contributed by atoms with E-state index in [-0.39, 0.29) is 35.7 Å². The molecule has 11 nitrogen and oxygen atoms in total. The molecule has 0 unspecified atom stereocenters. The molecular weight excluding hydrogens is 450 g/mol. The molecule has 4 rings (SSSR count). The van der Waals surface area contributed by atoms with Crippen LogP contribution in [0.25, 0.3) is 0 Å². The van der Waals surface area contributed by atoms with Gasteiger partial charge in [0, 0.05) is 47.9 Å². The summed E-state index contributed by atoms with van der Waals surface area (Å²) in [7, 11) is 0. The number of carbonyl (C=O) groups excluding carboxylic acids is 4. The van der Waals surface area contributed by atoms with Crippen molar-refractivity contribution >= 4 is 51.5 Å². The smallest absolute Gasteiger partial charge is 0.270 e. The zero-order valence-corrected chi connectivity index (χ0v) is 17.6. The van der Waals surface area contributed by atoms with Gasteiger partial charge in [0.1, 0.15) is 0 Å². The maximum atomic E-state index is 12.5. The number of non-ortho nitro benzene ring substituents is 1. The molecule has 3 aromatic rings. The standard InChI is InChI=1S/C21H15N5O6S/c27-17(23-13-3-1-12(2-4-13)18(28)24-21-22-8-10-33-21)7-9-25-19(29)15-6-5-14(26(31)32)11-16(15)20(25)30/h1-6,8,10-11H,7,9H2,(H,23,27)(H,22,24,28). The highest BCUT2D eigenvalue weighted by Gasteiger charge is 2.36. The first-order valence-electron chi connectivity index (χ1n) is 9.59. The van der Waals surface area contributed by atoms with E-state index in [2.05, 4.69) is 15.6 Å². The molecule has 0 atom stereocenters. The Morgan fingerprint density at radius 3 is 2.42 bits per heavy atom. The van der Waals surface area contributed by atoms with Crippen LogP contribution in [0.1, 0.15) is 37.5 Å². The average Bonchev–Trinajstić information content (AvgIpc) is 3.39. The van der Waals surface area contributed by atoms with Gasteiger partial charge in [0.05, 0.1) is 16.1 Å². The zero-order valence-electron chi connectivity index (χ0n) is 16.8. The van der Waals surface area contributed by atoms with Crippen LogP contribution in [0, 0.1) is 10.1 Å². The lowest BCUT2D eigenvalue weighted by Crippen LogP contribution is -2.32. The number of nitro groups is 1. The van der Waals surface area contributed by atoms with Crippen LogP contribution in [0.2, 0.25) is 0 Å². The number of nitro benzene ring substituents is 1. The topological polar surface area (TPSA) is 152 Å². The normalized spacial score (nSPS) is 12.4. The second-order valence-electron chi connectivity index (χ2n) is 6.92. The predicted molar refractivity (Wildman–Crippen MR) is 118 cm³/mol. The number of thiazole rings is 1. The summed E-state index contributed by atoms with van der Waals surface area (Å²) in [5.74, 6) is -2.07. The van der Waals surface area contributed by atoms with Crippen molar-refractivity contribution < 1.29 is 24.1 Å². The Hall–Kier alpha value is -4.45. The van der Waals surface area contributed by atoms with Crippen LogP contribution >= 0.6 is 11.3 Å². The van der Waals surface area contributed by atoms with Gasteiger partial charge >= 0.3 is 0 Å². The number of anilines is 2. The lowest BCUT2D eigenvalue weighted by atomic mass is 10.1. The van der Waals surface area contributed by atoms with E-state index in [1.165, 1.54) is 29.5 Å². The second kappa shape index (κ2) is 8.96. The van der Waals surface area contributed by atoms with Gasteiger partial charge in [-0.05, 0) is 30.3 Å². The van der Waals surface area contributed by atoms with Gasteiger partial charge in [-0.3, -0.25) is 39.5 Å². The van der Waals surface area contributed by atoms with Crippen LogP contribution in [-0.4, -0.2) is 45.0 Å². The van der Waals surface area contributed by atoms with Gasteiger partial charge in [-0.15, -0.1) is 11.3 Å². The number of rotatable bonds is 7. The molecule has 2 N–H and O–H groups in total. The minimum atomic E-state index is -0.679. The van der Waals surface area contributed by atoms with Gasteiger partial charge in [0.2, 0.25) is 5.91 Å². The SMILES string of the molecule is O=C(CCN1C(=O)c2ccc([N+](=O)[O-])cc2C1=O)Nc1ccc(C(=O)Nc2nccs2)cc1. The molecule has 1 aliphatic rings. The van der Waals surface area contributed by atoms with E-state index in [1.807, 2.05) is 0 Å². The maximum Gasteiger partial charge on any atom is 0.270 e. The number of nitrogens with one attached hydrogen (secondary N) is 2. The first kappa shape index (κ1) is 21.8. The van der Waals surface area contributed by atoms with Gasteiger partial charge < -0.3 is 5.32 Å². The summed E-state index contributed by atoms with van der Waals surface area (Å²) in [6.07, 6.45) is 1.41. The maximum absolute atomic E-state index is 12.5. The Kier molecular flexibility index (Phi) is 5.91. The van der Waals surface area contributed by atoms with Crippen molar-refractivity contribution in [1.82, 2.24) is 9.88 Å². The first-order valence-corrected chi connectivity index (χ1v) is 10.5. The monoisotopic (exact) mass is 465 g/mol. The van der Waals surface area contributed by atoms with E-state index in [0.29, 0.717) is 16.4 Å². The quantitative estimate of drug-likeness (QED) is 0.309. The number of fused-ring (bicyclic) bond motifs is 1. The third-order valence-corrected chi connectivity index (χ3v) is 5.50. The van der Waals surface area contributed by atoms with Gasteiger partial charge in [-0.2, -0.15) is 0 Å². The second-order valence-corrected chi connectivity index (χ2v) is 7.81. The number of carbonyl (C=O) groups is 4. The summed E-state index contributed by atoms with van der Waals surface area (Å²) < 4.78 is 0. The molecule has 0 aliphatic carbocycles. The van der Waals surface area contributed by atoms with Gasteiger partial charge in [-0.25, -0.2) is 4.98 Å². The number of aromatic nitrogens is 1. The largest absolute Gasteiger partial charge is 0.326 e. The molecule has 0 fully saturated rings. The van der Waals surface area contributed by atoms with Crippen LogP contribution in [0.4, 0.5) is 16.5 Å². The number of amides is 4. The number of hydrogen-bond donors (Lipinski definition) is 2. The zero-order chi connectivity index (χ0) is 23.5. The minimum Gasteiger partial charge on any atom is -0.326 e. The van der Waals surface area contributed by atoms with Crippen LogP contribution < -0.4 is 10.6 Å². The molecule has 12 heteroatoms. The molecule has 0 saturated heterocycles. The number of hydrogen-bond acceptors (Lipinski definition) is 8. The minimum absolute atomic E-state index is 0.0544. The van der Waals surface area contributed by atoms with E-state index in [4.69, 9.17) is 0 Å². The third kappa shape index (κ3) is 4.60. The van der Waals surface area contributed by atoms with E-state index in [9.17, 15) is 29.3 Å². The molecule has 1 aromatic heterocycles. The fourth-order valence-corrected chi connectivity index (χ4v) is 3.72. The summed E-state index contributed by atoms with van der Waals surface area (Å²) in [5, 5.41) is 18.4. The van der Waals surface area contributed by atoms with Crippen molar-refractivity contribution in [2.24, 2.45) is 0 Å². The molecule has 4 amide bonds. The third-order valence-electron chi connectivity index (χ3n) is 4.81. The van der Waals surface area contributed by atoms with E-state index < -0.39 is 22.6 Å². The fourth-order valence-electron chi connectivity index (χ4n) is 3.19. The van der Waals surface area contributed by atoms with Gasteiger partial charge in [0.15, 0.2) is 5.13 Å². The summed E-state index contributed by atoms with van der Waals surface area (Å²) in [6.45, 7) is -0.180.